The highest BCUT2D eigenvalue weighted by atomic mass is 79.9. The minimum atomic E-state index is -0.621. The van der Waals surface area contributed by atoms with E-state index in [1.165, 1.54) is 0 Å². The lowest BCUT2D eigenvalue weighted by atomic mass is 9.83. The van der Waals surface area contributed by atoms with Crippen LogP contribution < -0.4 is 9.64 Å². The van der Waals surface area contributed by atoms with Crippen LogP contribution in [0.3, 0.4) is 0 Å². The summed E-state index contributed by atoms with van der Waals surface area (Å²) in [6, 6.07) is 0. The lowest BCUT2D eigenvalue weighted by Crippen LogP contribution is -2.65. The minimum Gasteiger partial charge on any atom is -0.480 e. The summed E-state index contributed by atoms with van der Waals surface area (Å²) in [4.78, 5) is 10.4. The fourth-order valence-corrected chi connectivity index (χ4v) is 2.11. The van der Waals surface area contributed by atoms with Crippen LogP contribution in [0.4, 0.5) is 5.95 Å². The Labute approximate surface area is 109 Å². The number of aromatic nitrogens is 2. The molecule has 1 aliphatic rings. The van der Waals surface area contributed by atoms with Crippen LogP contribution in [0.5, 0.6) is 5.88 Å². The third-order valence-corrected chi connectivity index (χ3v) is 3.72. The quantitative estimate of drug-likeness (QED) is 0.916. The molecule has 0 atom stereocenters. The van der Waals surface area contributed by atoms with Crippen LogP contribution in [0.1, 0.15) is 13.8 Å². The second-order valence-corrected chi connectivity index (χ2v) is 5.50. The van der Waals surface area contributed by atoms with E-state index < -0.39 is 5.60 Å². The average Bonchev–Trinajstić information content (AvgIpc) is 2.25. The molecule has 5 nitrogen and oxygen atoms in total. The lowest BCUT2D eigenvalue weighted by molar-refractivity contribution is -0.0309. The van der Waals surface area contributed by atoms with Gasteiger partial charge in [0, 0.05) is 0 Å². The van der Waals surface area contributed by atoms with Crippen molar-refractivity contribution in [3.63, 3.8) is 0 Å². The van der Waals surface area contributed by atoms with Gasteiger partial charge in [0.05, 0.1) is 30.9 Å². The summed E-state index contributed by atoms with van der Waals surface area (Å²) in [5, 5.41) is 10.2. The molecule has 0 aliphatic carbocycles. The molecule has 1 aromatic rings. The van der Waals surface area contributed by atoms with Crippen LogP contribution in [0.25, 0.3) is 0 Å². The first-order chi connectivity index (χ1) is 7.96. The molecule has 1 saturated heterocycles. The Kier molecular flexibility index (Phi) is 3.27. The molecular weight excluding hydrogens is 286 g/mol. The molecule has 1 aromatic heterocycles. The van der Waals surface area contributed by atoms with Gasteiger partial charge in [0.25, 0.3) is 0 Å². The van der Waals surface area contributed by atoms with E-state index in [-0.39, 0.29) is 5.92 Å². The van der Waals surface area contributed by atoms with Crippen molar-refractivity contribution in [1.82, 2.24) is 9.97 Å². The number of ether oxygens (including phenoxy) is 1. The molecule has 1 aliphatic heterocycles. The molecule has 94 valence electrons. The first-order valence-corrected chi connectivity index (χ1v) is 6.29. The summed E-state index contributed by atoms with van der Waals surface area (Å²) < 4.78 is 5.84. The zero-order valence-corrected chi connectivity index (χ0v) is 11.7. The molecule has 0 spiro atoms. The number of nitrogens with zero attached hydrogens (tertiary/aromatic N) is 3. The van der Waals surface area contributed by atoms with Gasteiger partial charge in [0.1, 0.15) is 5.60 Å². The van der Waals surface area contributed by atoms with Gasteiger partial charge in [-0.1, -0.05) is 13.8 Å². The molecule has 0 radical (unpaired) electrons. The number of rotatable bonds is 3. The van der Waals surface area contributed by atoms with Gasteiger partial charge < -0.3 is 14.7 Å². The summed E-state index contributed by atoms with van der Waals surface area (Å²) in [5.74, 6) is 1.33. The van der Waals surface area contributed by atoms with Crippen LogP contribution >= 0.6 is 15.9 Å². The van der Waals surface area contributed by atoms with E-state index in [9.17, 15) is 5.11 Å². The van der Waals surface area contributed by atoms with Crippen molar-refractivity contribution in [3.05, 3.63) is 10.7 Å². The fraction of sp³-hybridized carbons (Fsp3) is 0.636. The van der Waals surface area contributed by atoms with Crippen LogP contribution in [-0.4, -0.2) is 40.9 Å². The van der Waals surface area contributed by atoms with Crippen molar-refractivity contribution in [2.45, 2.75) is 19.4 Å². The molecule has 0 amide bonds. The minimum absolute atomic E-state index is 0.232. The lowest BCUT2D eigenvalue weighted by Gasteiger charge is -2.48. The maximum Gasteiger partial charge on any atom is 0.232 e. The van der Waals surface area contributed by atoms with Gasteiger partial charge in [-0.25, -0.2) is 4.98 Å². The number of methoxy groups -OCH3 is 1. The van der Waals surface area contributed by atoms with E-state index in [1.54, 1.807) is 13.3 Å². The molecule has 1 N–H and O–H groups in total. The molecule has 0 aromatic carbocycles. The Morgan fingerprint density at radius 2 is 2.18 bits per heavy atom. The van der Waals surface area contributed by atoms with Gasteiger partial charge in [-0.15, -0.1) is 0 Å². The Hall–Kier alpha value is -0.880. The zero-order valence-electron chi connectivity index (χ0n) is 10.1. The van der Waals surface area contributed by atoms with Gasteiger partial charge in [-0.2, -0.15) is 4.98 Å². The Morgan fingerprint density at radius 3 is 2.71 bits per heavy atom. The summed E-state index contributed by atoms with van der Waals surface area (Å²) in [5.41, 5.74) is -0.621. The molecule has 0 saturated carbocycles. The van der Waals surface area contributed by atoms with Crippen molar-refractivity contribution >= 4 is 21.9 Å². The number of aliphatic hydroxyl groups is 1. The Bertz CT molecular complexity index is 419. The predicted octanol–water partition coefficient (Wildman–Crippen LogP) is 1.45. The van der Waals surface area contributed by atoms with Crippen molar-refractivity contribution < 1.29 is 9.84 Å². The number of anilines is 1. The smallest absolute Gasteiger partial charge is 0.232 e. The highest BCUT2D eigenvalue weighted by Crippen LogP contribution is 2.32. The topological polar surface area (TPSA) is 58.5 Å². The predicted molar refractivity (Wildman–Crippen MR) is 68.3 cm³/mol. The van der Waals surface area contributed by atoms with E-state index in [2.05, 4.69) is 25.9 Å². The number of hydrogen-bond acceptors (Lipinski definition) is 5. The maximum absolute atomic E-state index is 10.2. The highest BCUT2D eigenvalue weighted by molar-refractivity contribution is 9.10. The molecule has 1 fully saturated rings. The summed E-state index contributed by atoms with van der Waals surface area (Å²) in [6.45, 7) is 5.16. The number of halogens is 1. The zero-order chi connectivity index (χ0) is 12.6. The standard InChI is InChI=1S/C11H16BrN3O2/c1-7(2)11(16)5-15(6-11)10-13-4-8(12)9(14-10)17-3/h4,7,16H,5-6H2,1-3H3. The number of β-amino-alcohol motifs (C(OH)–C–C–N with tert-alkyl or cyclic N) is 1. The Morgan fingerprint density at radius 1 is 1.53 bits per heavy atom. The third kappa shape index (κ3) is 2.24. The van der Waals surface area contributed by atoms with Crippen molar-refractivity contribution in [3.8, 4) is 5.88 Å². The molecule has 2 heterocycles. The van der Waals surface area contributed by atoms with Crippen LogP contribution in [0.15, 0.2) is 10.7 Å². The molecule has 17 heavy (non-hydrogen) atoms. The summed E-state index contributed by atoms with van der Waals surface area (Å²) in [7, 11) is 1.57. The Balaban J connectivity index is 2.11. The third-order valence-electron chi connectivity index (χ3n) is 3.18. The van der Waals surface area contributed by atoms with E-state index >= 15 is 0 Å². The molecule has 0 bridgehead atoms. The summed E-state index contributed by atoms with van der Waals surface area (Å²) >= 11 is 3.31. The second kappa shape index (κ2) is 4.42. The van der Waals surface area contributed by atoms with Gasteiger partial charge in [0.2, 0.25) is 11.8 Å². The van der Waals surface area contributed by atoms with Crippen LogP contribution in [0.2, 0.25) is 0 Å². The van der Waals surface area contributed by atoms with Gasteiger partial charge in [-0.3, -0.25) is 0 Å². The van der Waals surface area contributed by atoms with Crippen LogP contribution in [0, 0.1) is 5.92 Å². The number of hydrogen-bond donors (Lipinski definition) is 1. The van der Waals surface area contributed by atoms with Gasteiger partial charge >= 0.3 is 0 Å². The molecule has 6 heteroatoms. The van der Waals surface area contributed by atoms with Crippen LogP contribution in [-0.2, 0) is 0 Å². The first kappa shape index (κ1) is 12.6. The monoisotopic (exact) mass is 301 g/mol. The second-order valence-electron chi connectivity index (χ2n) is 4.64. The largest absolute Gasteiger partial charge is 0.480 e. The normalized spacial score (nSPS) is 18.1. The fourth-order valence-electron chi connectivity index (χ4n) is 1.76. The highest BCUT2D eigenvalue weighted by Gasteiger charge is 2.44. The van der Waals surface area contributed by atoms with E-state index in [0.717, 1.165) is 4.47 Å². The van der Waals surface area contributed by atoms with E-state index in [1.807, 2.05) is 18.7 Å². The summed E-state index contributed by atoms with van der Waals surface area (Å²) in [6.07, 6.45) is 1.66. The molecule has 0 unspecified atom stereocenters. The van der Waals surface area contributed by atoms with Crippen molar-refractivity contribution in [1.29, 1.82) is 0 Å². The molecular formula is C11H16BrN3O2. The van der Waals surface area contributed by atoms with E-state index in [0.29, 0.717) is 24.9 Å². The first-order valence-electron chi connectivity index (χ1n) is 5.50. The van der Waals surface area contributed by atoms with Gasteiger partial charge in [-0.05, 0) is 21.8 Å². The van der Waals surface area contributed by atoms with Crippen molar-refractivity contribution in [2.75, 3.05) is 25.1 Å². The van der Waals surface area contributed by atoms with Gasteiger partial charge in [0.15, 0.2) is 0 Å². The maximum atomic E-state index is 10.2. The molecule has 2 rings (SSSR count). The SMILES string of the molecule is COc1nc(N2CC(O)(C(C)C)C2)ncc1Br. The van der Waals surface area contributed by atoms with Crippen molar-refractivity contribution in [2.24, 2.45) is 5.92 Å². The van der Waals surface area contributed by atoms with E-state index in [4.69, 9.17) is 4.74 Å². The average molecular weight is 302 g/mol.